The van der Waals surface area contributed by atoms with E-state index in [4.69, 9.17) is 5.73 Å². The van der Waals surface area contributed by atoms with E-state index in [9.17, 15) is 4.79 Å². The molecular formula is C13H12Br2N4O. The van der Waals surface area contributed by atoms with E-state index in [1.165, 1.54) is 0 Å². The van der Waals surface area contributed by atoms with Crippen molar-refractivity contribution < 1.29 is 4.79 Å². The molecule has 0 unspecified atom stereocenters. The number of anilines is 2. The molecule has 4 N–H and O–H groups in total. The lowest BCUT2D eigenvalue weighted by atomic mass is 10.2. The third-order valence-corrected chi connectivity index (χ3v) is 3.62. The summed E-state index contributed by atoms with van der Waals surface area (Å²) in [5.74, 6) is 0. The van der Waals surface area contributed by atoms with Gasteiger partial charge in [-0.1, -0.05) is 0 Å². The van der Waals surface area contributed by atoms with Gasteiger partial charge in [0.05, 0.1) is 12.2 Å². The van der Waals surface area contributed by atoms with Crippen LogP contribution in [0.4, 0.5) is 16.2 Å². The van der Waals surface area contributed by atoms with Gasteiger partial charge in [-0.2, -0.15) is 0 Å². The number of pyridine rings is 1. The number of nitrogens with zero attached hydrogens (tertiary/aromatic N) is 1. The highest BCUT2D eigenvalue weighted by atomic mass is 79.9. The number of amides is 2. The number of hydrogen-bond acceptors (Lipinski definition) is 3. The fourth-order valence-corrected chi connectivity index (χ4v) is 2.70. The second kappa shape index (κ2) is 6.71. The molecule has 0 atom stereocenters. The average Bonchev–Trinajstić information content (AvgIpc) is 2.39. The van der Waals surface area contributed by atoms with E-state index in [2.05, 4.69) is 47.5 Å². The zero-order valence-electron chi connectivity index (χ0n) is 10.4. The lowest BCUT2D eigenvalue weighted by Crippen LogP contribution is -2.19. The molecule has 0 aliphatic rings. The van der Waals surface area contributed by atoms with Gasteiger partial charge in [-0.05, 0) is 62.2 Å². The molecule has 0 radical (unpaired) electrons. The number of aromatic nitrogens is 1. The summed E-state index contributed by atoms with van der Waals surface area (Å²) >= 11 is 6.83. The lowest BCUT2D eigenvalue weighted by molar-refractivity contribution is 0.259. The highest BCUT2D eigenvalue weighted by molar-refractivity contribution is 9.11. The van der Waals surface area contributed by atoms with Crippen LogP contribution in [0.15, 0.2) is 45.5 Å². The number of carbonyl (C=O) groups is 1. The predicted molar refractivity (Wildman–Crippen MR) is 86.6 cm³/mol. The van der Waals surface area contributed by atoms with Crippen molar-refractivity contribution in [3.8, 4) is 0 Å². The standard InChI is InChI=1S/C13H12Br2N4O/c14-8-5-11(15)12(18-6-8)7-17-9-1-3-10(4-2-9)19-13(16)20/h1-6,17H,7H2,(H3,16,19,20). The minimum atomic E-state index is -0.575. The van der Waals surface area contributed by atoms with E-state index in [0.29, 0.717) is 12.2 Å². The summed E-state index contributed by atoms with van der Waals surface area (Å²) in [5.41, 5.74) is 7.54. The van der Waals surface area contributed by atoms with Gasteiger partial charge in [0, 0.05) is 26.5 Å². The van der Waals surface area contributed by atoms with Gasteiger partial charge in [0.25, 0.3) is 0 Å². The van der Waals surface area contributed by atoms with Crippen LogP contribution >= 0.6 is 31.9 Å². The SMILES string of the molecule is NC(=O)Nc1ccc(NCc2ncc(Br)cc2Br)cc1. The monoisotopic (exact) mass is 398 g/mol. The summed E-state index contributed by atoms with van der Waals surface area (Å²) in [6.07, 6.45) is 1.75. The maximum atomic E-state index is 10.7. The minimum Gasteiger partial charge on any atom is -0.379 e. The Labute approximate surface area is 133 Å². The van der Waals surface area contributed by atoms with Gasteiger partial charge in [0.2, 0.25) is 0 Å². The Morgan fingerprint density at radius 1 is 1.20 bits per heavy atom. The molecule has 7 heteroatoms. The van der Waals surface area contributed by atoms with Crippen LogP contribution in [-0.2, 0) is 6.54 Å². The van der Waals surface area contributed by atoms with Gasteiger partial charge in [0.15, 0.2) is 0 Å². The minimum absolute atomic E-state index is 0.575. The largest absolute Gasteiger partial charge is 0.379 e. The summed E-state index contributed by atoms with van der Waals surface area (Å²) in [6, 6.07) is 8.64. The third-order valence-electron chi connectivity index (χ3n) is 2.50. The van der Waals surface area contributed by atoms with Crippen molar-refractivity contribution in [2.24, 2.45) is 5.73 Å². The first-order valence-corrected chi connectivity index (χ1v) is 7.33. The lowest BCUT2D eigenvalue weighted by Gasteiger charge is -2.09. The van der Waals surface area contributed by atoms with Gasteiger partial charge in [-0.25, -0.2) is 4.79 Å². The van der Waals surface area contributed by atoms with Gasteiger partial charge in [-0.3, -0.25) is 4.98 Å². The number of nitrogens with two attached hydrogens (primary N) is 1. The Bertz CT molecular complexity index is 616. The van der Waals surface area contributed by atoms with Gasteiger partial charge in [0.1, 0.15) is 0 Å². The van der Waals surface area contributed by atoms with Crippen molar-refractivity contribution >= 4 is 49.3 Å². The number of hydrogen-bond donors (Lipinski definition) is 3. The highest BCUT2D eigenvalue weighted by Crippen LogP contribution is 2.21. The molecule has 0 bridgehead atoms. The fraction of sp³-hybridized carbons (Fsp3) is 0.0769. The van der Waals surface area contributed by atoms with Crippen molar-refractivity contribution in [2.75, 3.05) is 10.6 Å². The molecule has 104 valence electrons. The molecular weight excluding hydrogens is 388 g/mol. The number of nitrogens with one attached hydrogen (secondary N) is 2. The molecule has 0 aliphatic carbocycles. The second-order valence-electron chi connectivity index (χ2n) is 4.00. The molecule has 5 nitrogen and oxygen atoms in total. The number of carbonyl (C=O) groups excluding carboxylic acids is 1. The molecule has 1 aromatic heterocycles. The summed E-state index contributed by atoms with van der Waals surface area (Å²) in [7, 11) is 0. The number of halogens is 2. The Hall–Kier alpha value is -1.60. The van der Waals surface area contributed by atoms with E-state index < -0.39 is 6.03 Å². The molecule has 1 aromatic carbocycles. The number of benzene rings is 1. The summed E-state index contributed by atoms with van der Waals surface area (Å²) in [4.78, 5) is 15.0. The van der Waals surface area contributed by atoms with Crippen LogP contribution in [0.3, 0.4) is 0 Å². The normalized spacial score (nSPS) is 10.1. The van der Waals surface area contributed by atoms with Crippen LogP contribution in [0.25, 0.3) is 0 Å². The Morgan fingerprint density at radius 3 is 2.45 bits per heavy atom. The molecule has 0 saturated carbocycles. The molecule has 20 heavy (non-hydrogen) atoms. The first-order chi connectivity index (χ1) is 9.54. The quantitative estimate of drug-likeness (QED) is 0.732. The van der Waals surface area contributed by atoms with Gasteiger partial charge >= 0.3 is 6.03 Å². The molecule has 0 saturated heterocycles. The number of primary amides is 1. The second-order valence-corrected chi connectivity index (χ2v) is 5.77. The van der Waals surface area contributed by atoms with E-state index in [-0.39, 0.29) is 0 Å². The van der Waals surface area contributed by atoms with E-state index >= 15 is 0 Å². The Balaban J connectivity index is 1.98. The summed E-state index contributed by atoms with van der Waals surface area (Å²) in [6.45, 7) is 0.594. The van der Waals surface area contributed by atoms with Crippen LogP contribution in [0, 0.1) is 0 Å². The van der Waals surface area contributed by atoms with E-state index in [1.54, 1.807) is 18.3 Å². The fourth-order valence-electron chi connectivity index (χ4n) is 1.57. The highest BCUT2D eigenvalue weighted by Gasteiger charge is 2.02. The van der Waals surface area contributed by atoms with E-state index in [0.717, 1.165) is 20.3 Å². The maximum absolute atomic E-state index is 10.7. The van der Waals surface area contributed by atoms with Crippen LogP contribution in [0.2, 0.25) is 0 Å². The summed E-state index contributed by atoms with van der Waals surface area (Å²) in [5, 5.41) is 5.76. The molecule has 0 aliphatic heterocycles. The molecule has 2 rings (SSSR count). The summed E-state index contributed by atoms with van der Waals surface area (Å²) < 4.78 is 1.86. The average molecular weight is 400 g/mol. The smallest absolute Gasteiger partial charge is 0.316 e. The van der Waals surface area contributed by atoms with E-state index in [1.807, 2.05) is 18.2 Å². The van der Waals surface area contributed by atoms with Gasteiger partial charge < -0.3 is 16.4 Å². The Morgan fingerprint density at radius 2 is 1.85 bits per heavy atom. The molecule has 2 amide bonds. The number of rotatable bonds is 4. The maximum Gasteiger partial charge on any atom is 0.316 e. The zero-order chi connectivity index (χ0) is 14.5. The van der Waals surface area contributed by atoms with Crippen LogP contribution in [-0.4, -0.2) is 11.0 Å². The predicted octanol–water partition coefficient (Wildman–Crippen LogP) is 3.71. The van der Waals surface area contributed by atoms with Crippen molar-refractivity contribution in [3.05, 3.63) is 51.2 Å². The molecule has 1 heterocycles. The zero-order valence-corrected chi connectivity index (χ0v) is 13.5. The molecule has 0 spiro atoms. The van der Waals surface area contributed by atoms with Gasteiger partial charge in [-0.15, -0.1) is 0 Å². The van der Waals surface area contributed by atoms with Crippen LogP contribution in [0.1, 0.15) is 5.69 Å². The topological polar surface area (TPSA) is 80.0 Å². The third kappa shape index (κ3) is 4.21. The van der Waals surface area contributed by atoms with Crippen molar-refractivity contribution in [1.29, 1.82) is 0 Å². The van der Waals surface area contributed by atoms with Crippen molar-refractivity contribution in [3.63, 3.8) is 0 Å². The first-order valence-electron chi connectivity index (χ1n) is 5.75. The molecule has 2 aromatic rings. The van der Waals surface area contributed by atoms with Crippen LogP contribution in [0.5, 0.6) is 0 Å². The van der Waals surface area contributed by atoms with Crippen molar-refractivity contribution in [1.82, 2.24) is 4.98 Å². The Kier molecular flexibility index (Phi) is 4.97. The number of urea groups is 1. The first kappa shape index (κ1) is 14.8. The molecule has 0 fully saturated rings. The van der Waals surface area contributed by atoms with Crippen LogP contribution < -0.4 is 16.4 Å². The van der Waals surface area contributed by atoms with Crippen molar-refractivity contribution in [2.45, 2.75) is 6.54 Å².